The summed E-state index contributed by atoms with van der Waals surface area (Å²) in [7, 11) is -3.54. The molecule has 0 saturated heterocycles. The first-order valence-electron chi connectivity index (χ1n) is 7.45. The van der Waals surface area contributed by atoms with Crippen molar-refractivity contribution in [3.05, 3.63) is 53.8 Å². The van der Waals surface area contributed by atoms with E-state index in [-0.39, 0.29) is 22.9 Å². The molecule has 0 spiro atoms. The maximum Gasteiger partial charge on any atom is 0.232 e. The van der Waals surface area contributed by atoms with Crippen LogP contribution in [0.15, 0.2) is 47.4 Å². The maximum atomic E-state index is 14.0. The summed E-state index contributed by atoms with van der Waals surface area (Å²) < 4.78 is 37.2. The molecule has 1 heterocycles. The highest BCUT2D eigenvalue weighted by molar-refractivity contribution is 7.90. The smallest absolute Gasteiger partial charge is 0.232 e. The van der Waals surface area contributed by atoms with Crippen LogP contribution in [-0.2, 0) is 19.4 Å². The van der Waals surface area contributed by atoms with Gasteiger partial charge in [-0.15, -0.1) is 0 Å². The number of rotatable bonds is 3. The Morgan fingerprint density at radius 1 is 1.24 bits per heavy atom. The third-order valence-electron chi connectivity index (χ3n) is 3.94. The van der Waals surface area contributed by atoms with Crippen molar-refractivity contribution in [3.63, 3.8) is 0 Å². The lowest BCUT2D eigenvalue weighted by atomic mass is 9.90. The third-order valence-corrected chi connectivity index (χ3v) is 5.05. The average molecular weight is 362 g/mol. The molecule has 0 aromatic heterocycles. The number of para-hydroxylation sites is 1. The summed E-state index contributed by atoms with van der Waals surface area (Å²) in [6, 6.07) is 10.0. The molecule has 1 atom stereocenters. The number of anilines is 2. The van der Waals surface area contributed by atoms with Crippen LogP contribution in [0.2, 0.25) is 0 Å². The van der Waals surface area contributed by atoms with Gasteiger partial charge >= 0.3 is 0 Å². The lowest BCUT2D eigenvalue weighted by Gasteiger charge is -2.24. The average Bonchev–Trinajstić information content (AvgIpc) is 2.54. The molecule has 2 aromatic carbocycles. The maximum absolute atomic E-state index is 14.0. The van der Waals surface area contributed by atoms with Gasteiger partial charge in [0.05, 0.1) is 16.5 Å². The van der Waals surface area contributed by atoms with Crippen LogP contribution in [0, 0.1) is 5.82 Å². The van der Waals surface area contributed by atoms with Gasteiger partial charge in [-0.25, -0.2) is 12.8 Å². The molecule has 8 heteroatoms. The minimum absolute atomic E-state index is 0.0732. The fourth-order valence-electron chi connectivity index (χ4n) is 2.70. The Kier molecular flexibility index (Phi) is 4.30. The molecule has 0 aliphatic carbocycles. The number of carbonyl (C=O) groups excluding carboxylic acids is 2. The Labute approximate surface area is 144 Å². The van der Waals surface area contributed by atoms with Crippen molar-refractivity contribution >= 4 is 33.0 Å². The molecule has 2 aromatic rings. The minimum Gasteiger partial charge on any atom is -0.326 e. The summed E-state index contributed by atoms with van der Waals surface area (Å²) >= 11 is 0. The molecule has 1 aliphatic heterocycles. The zero-order chi connectivity index (χ0) is 18.2. The summed E-state index contributed by atoms with van der Waals surface area (Å²) in [5.41, 5.74) is 0.917. The van der Waals surface area contributed by atoms with Gasteiger partial charge in [-0.2, -0.15) is 0 Å². The van der Waals surface area contributed by atoms with Crippen LogP contribution >= 0.6 is 0 Å². The van der Waals surface area contributed by atoms with E-state index in [0.29, 0.717) is 11.3 Å². The monoisotopic (exact) mass is 362 g/mol. The van der Waals surface area contributed by atoms with Crippen LogP contribution in [0.5, 0.6) is 0 Å². The number of nitrogens with one attached hydrogen (secondary N) is 2. The Morgan fingerprint density at radius 2 is 1.96 bits per heavy atom. The molecule has 1 unspecified atom stereocenters. The topological polar surface area (TPSA) is 92.3 Å². The van der Waals surface area contributed by atoms with Crippen LogP contribution in [0.25, 0.3) is 0 Å². The van der Waals surface area contributed by atoms with Crippen molar-refractivity contribution in [2.45, 2.75) is 17.2 Å². The summed E-state index contributed by atoms with van der Waals surface area (Å²) in [6.07, 6.45) is 0.920. The van der Waals surface area contributed by atoms with E-state index in [4.69, 9.17) is 0 Å². The van der Waals surface area contributed by atoms with Crippen LogP contribution < -0.4 is 10.6 Å². The number of benzene rings is 2. The van der Waals surface area contributed by atoms with Gasteiger partial charge in [-0.3, -0.25) is 9.59 Å². The van der Waals surface area contributed by atoms with Gasteiger partial charge in [0.25, 0.3) is 0 Å². The third kappa shape index (κ3) is 3.53. The van der Waals surface area contributed by atoms with Gasteiger partial charge in [0.1, 0.15) is 5.82 Å². The molecule has 2 amide bonds. The number of fused-ring (bicyclic) bond motifs is 1. The normalized spacial score (nSPS) is 16.7. The van der Waals surface area contributed by atoms with Crippen LogP contribution in [0.1, 0.15) is 17.9 Å². The van der Waals surface area contributed by atoms with E-state index in [1.54, 1.807) is 24.3 Å². The number of hydrogen-bond donors (Lipinski definition) is 2. The molecule has 3 rings (SSSR count). The van der Waals surface area contributed by atoms with Crippen molar-refractivity contribution in [2.75, 3.05) is 16.9 Å². The zero-order valence-electron chi connectivity index (χ0n) is 13.2. The van der Waals surface area contributed by atoms with E-state index in [1.165, 1.54) is 0 Å². The Hall–Kier alpha value is -2.74. The SMILES string of the molecule is CS(=O)(=O)c1ccc(F)c(NC(=O)C2CC(=O)Nc3ccccc32)c1. The second-order valence-corrected chi connectivity index (χ2v) is 7.81. The second kappa shape index (κ2) is 6.29. The van der Waals surface area contributed by atoms with Gasteiger partial charge in [0, 0.05) is 18.4 Å². The molecule has 1 aliphatic rings. The highest BCUT2D eigenvalue weighted by Crippen LogP contribution is 2.33. The molecule has 2 N–H and O–H groups in total. The highest BCUT2D eigenvalue weighted by Gasteiger charge is 2.31. The summed E-state index contributed by atoms with van der Waals surface area (Å²) in [5, 5.41) is 5.07. The van der Waals surface area contributed by atoms with E-state index in [2.05, 4.69) is 10.6 Å². The van der Waals surface area contributed by atoms with Crippen molar-refractivity contribution in [3.8, 4) is 0 Å². The van der Waals surface area contributed by atoms with Gasteiger partial charge in [-0.1, -0.05) is 18.2 Å². The van der Waals surface area contributed by atoms with Gasteiger partial charge in [0.2, 0.25) is 11.8 Å². The van der Waals surface area contributed by atoms with Crippen LogP contribution in [0.3, 0.4) is 0 Å². The molecular formula is C17H15FN2O4S. The number of sulfone groups is 1. The molecule has 6 nitrogen and oxygen atoms in total. The first-order chi connectivity index (χ1) is 11.8. The van der Waals surface area contributed by atoms with Crippen molar-refractivity contribution in [1.29, 1.82) is 0 Å². The molecule has 0 radical (unpaired) electrons. The molecular weight excluding hydrogens is 347 g/mol. The van der Waals surface area contributed by atoms with Crippen molar-refractivity contribution < 1.29 is 22.4 Å². The molecule has 0 saturated carbocycles. The van der Waals surface area contributed by atoms with Crippen molar-refractivity contribution in [1.82, 2.24) is 0 Å². The van der Waals surface area contributed by atoms with E-state index < -0.39 is 27.5 Å². The molecule has 0 fully saturated rings. The predicted octanol–water partition coefficient (Wildman–Crippen LogP) is 2.29. The Morgan fingerprint density at radius 3 is 2.68 bits per heavy atom. The van der Waals surface area contributed by atoms with Gasteiger partial charge in [0.15, 0.2) is 9.84 Å². The first kappa shape index (κ1) is 17.1. The van der Waals surface area contributed by atoms with E-state index in [0.717, 1.165) is 24.5 Å². The van der Waals surface area contributed by atoms with Crippen LogP contribution in [-0.4, -0.2) is 26.5 Å². The Bertz CT molecular complexity index is 972. The fourth-order valence-corrected chi connectivity index (χ4v) is 3.34. The number of carbonyl (C=O) groups is 2. The first-order valence-corrected chi connectivity index (χ1v) is 9.34. The van der Waals surface area contributed by atoms with Gasteiger partial charge < -0.3 is 10.6 Å². The molecule has 0 bridgehead atoms. The summed E-state index contributed by atoms with van der Waals surface area (Å²) in [5.74, 6) is -2.43. The van der Waals surface area contributed by atoms with E-state index >= 15 is 0 Å². The van der Waals surface area contributed by atoms with E-state index in [9.17, 15) is 22.4 Å². The lowest BCUT2D eigenvalue weighted by Crippen LogP contribution is -2.31. The lowest BCUT2D eigenvalue weighted by molar-refractivity contribution is -0.123. The molecule has 130 valence electrons. The molecule has 25 heavy (non-hydrogen) atoms. The fraction of sp³-hybridized carbons (Fsp3) is 0.176. The predicted molar refractivity (Wildman–Crippen MR) is 90.6 cm³/mol. The van der Waals surface area contributed by atoms with Gasteiger partial charge in [-0.05, 0) is 29.8 Å². The highest BCUT2D eigenvalue weighted by atomic mass is 32.2. The Balaban J connectivity index is 1.92. The van der Waals surface area contributed by atoms with E-state index in [1.807, 2.05) is 0 Å². The summed E-state index contributed by atoms with van der Waals surface area (Å²) in [4.78, 5) is 24.3. The quantitative estimate of drug-likeness (QED) is 0.820. The second-order valence-electron chi connectivity index (χ2n) is 5.80. The number of hydrogen-bond acceptors (Lipinski definition) is 4. The summed E-state index contributed by atoms with van der Waals surface area (Å²) in [6.45, 7) is 0. The minimum atomic E-state index is -3.54. The number of amides is 2. The standard InChI is InChI=1S/C17H15FN2O4S/c1-25(23,24)10-6-7-13(18)15(8-10)20-17(22)12-9-16(21)19-14-5-3-2-4-11(12)14/h2-8,12H,9H2,1H3,(H,19,21)(H,20,22). The largest absolute Gasteiger partial charge is 0.326 e. The number of halogens is 1. The zero-order valence-corrected chi connectivity index (χ0v) is 14.1. The van der Waals surface area contributed by atoms with Crippen LogP contribution in [0.4, 0.5) is 15.8 Å². The van der Waals surface area contributed by atoms with Crippen molar-refractivity contribution in [2.24, 2.45) is 0 Å².